The van der Waals surface area contributed by atoms with E-state index in [9.17, 15) is 4.79 Å². The molecule has 0 bridgehead atoms. The van der Waals surface area contributed by atoms with Crippen LogP contribution in [0.25, 0.3) is 0 Å². The van der Waals surface area contributed by atoms with Crippen molar-refractivity contribution < 1.29 is 9.53 Å². The van der Waals surface area contributed by atoms with Gasteiger partial charge in [-0.25, -0.2) is 0 Å². The first-order valence-electron chi connectivity index (χ1n) is 6.62. The standard InChI is InChI=1S/C15H21NO2/c1-4-18-14-8-10(2)13(7-11(14)3)9-16-15(17)12-5-6-12/h7-8,12H,4-6,9H2,1-3H3,(H,16,17). The summed E-state index contributed by atoms with van der Waals surface area (Å²) >= 11 is 0. The van der Waals surface area contributed by atoms with Crippen LogP contribution in [0.3, 0.4) is 0 Å². The largest absolute Gasteiger partial charge is 0.494 e. The summed E-state index contributed by atoms with van der Waals surface area (Å²) in [5.41, 5.74) is 3.46. The van der Waals surface area contributed by atoms with Crippen molar-refractivity contribution >= 4 is 5.91 Å². The van der Waals surface area contributed by atoms with Crippen molar-refractivity contribution in [1.82, 2.24) is 5.32 Å². The summed E-state index contributed by atoms with van der Waals surface area (Å²) in [6, 6.07) is 4.16. The third kappa shape index (κ3) is 3.03. The molecular weight excluding hydrogens is 226 g/mol. The smallest absolute Gasteiger partial charge is 0.223 e. The molecule has 1 aromatic carbocycles. The van der Waals surface area contributed by atoms with Crippen molar-refractivity contribution in [2.75, 3.05) is 6.61 Å². The molecule has 98 valence electrons. The summed E-state index contributed by atoms with van der Waals surface area (Å²) in [5, 5.41) is 3.00. The van der Waals surface area contributed by atoms with E-state index in [4.69, 9.17) is 4.74 Å². The predicted octanol–water partition coefficient (Wildman–Crippen LogP) is 2.73. The van der Waals surface area contributed by atoms with Gasteiger partial charge in [0.2, 0.25) is 5.91 Å². The fraction of sp³-hybridized carbons (Fsp3) is 0.533. The maximum Gasteiger partial charge on any atom is 0.223 e. The Morgan fingerprint density at radius 1 is 1.33 bits per heavy atom. The molecule has 0 aromatic heterocycles. The van der Waals surface area contributed by atoms with Crippen molar-refractivity contribution in [3.05, 3.63) is 28.8 Å². The van der Waals surface area contributed by atoms with Gasteiger partial charge in [0.1, 0.15) is 5.75 Å². The fourth-order valence-corrected chi connectivity index (χ4v) is 2.02. The van der Waals surface area contributed by atoms with Crippen LogP contribution in [0.4, 0.5) is 0 Å². The number of amides is 1. The van der Waals surface area contributed by atoms with Crippen molar-refractivity contribution in [1.29, 1.82) is 0 Å². The number of rotatable bonds is 5. The molecule has 1 aliphatic rings. The van der Waals surface area contributed by atoms with Crippen LogP contribution in [0.5, 0.6) is 5.75 Å². The normalized spacial score (nSPS) is 14.4. The van der Waals surface area contributed by atoms with E-state index < -0.39 is 0 Å². The number of ether oxygens (including phenoxy) is 1. The lowest BCUT2D eigenvalue weighted by Crippen LogP contribution is -2.24. The molecule has 1 aromatic rings. The topological polar surface area (TPSA) is 38.3 Å². The molecule has 0 atom stereocenters. The van der Waals surface area contributed by atoms with Gasteiger partial charge < -0.3 is 10.1 Å². The van der Waals surface area contributed by atoms with Gasteiger partial charge in [-0.2, -0.15) is 0 Å². The summed E-state index contributed by atoms with van der Waals surface area (Å²) in [4.78, 5) is 11.6. The van der Waals surface area contributed by atoms with Crippen LogP contribution >= 0.6 is 0 Å². The maximum absolute atomic E-state index is 11.6. The minimum Gasteiger partial charge on any atom is -0.494 e. The van der Waals surface area contributed by atoms with Gasteiger partial charge in [-0.3, -0.25) is 4.79 Å². The van der Waals surface area contributed by atoms with Gasteiger partial charge >= 0.3 is 0 Å². The van der Waals surface area contributed by atoms with Crippen molar-refractivity contribution in [3.63, 3.8) is 0 Å². The molecule has 1 saturated carbocycles. The lowest BCUT2D eigenvalue weighted by Gasteiger charge is -2.13. The highest BCUT2D eigenvalue weighted by molar-refractivity contribution is 5.80. The molecule has 0 spiro atoms. The van der Waals surface area contributed by atoms with E-state index in [1.165, 1.54) is 11.1 Å². The number of hydrogen-bond donors (Lipinski definition) is 1. The predicted molar refractivity (Wildman–Crippen MR) is 71.7 cm³/mol. The van der Waals surface area contributed by atoms with Gasteiger partial charge in [-0.1, -0.05) is 6.07 Å². The second-order valence-electron chi connectivity index (χ2n) is 4.97. The molecule has 1 amide bonds. The molecular formula is C15H21NO2. The third-order valence-electron chi connectivity index (χ3n) is 3.33. The zero-order valence-corrected chi connectivity index (χ0v) is 11.4. The fourth-order valence-electron chi connectivity index (χ4n) is 2.02. The Balaban J connectivity index is 2.03. The summed E-state index contributed by atoms with van der Waals surface area (Å²) in [5.74, 6) is 1.40. The number of carbonyl (C=O) groups is 1. The van der Waals surface area contributed by atoms with E-state index in [0.717, 1.165) is 24.2 Å². The zero-order chi connectivity index (χ0) is 13.1. The van der Waals surface area contributed by atoms with Gasteiger partial charge in [0.05, 0.1) is 6.61 Å². The molecule has 3 nitrogen and oxygen atoms in total. The van der Waals surface area contributed by atoms with Gasteiger partial charge in [0.25, 0.3) is 0 Å². The average Bonchev–Trinajstić information content (AvgIpc) is 3.15. The number of benzene rings is 1. The second-order valence-corrected chi connectivity index (χ2v) is 4.97. The van der Waals surface area contributed by atoms with Crippen molar-refractivity contribution in [2.24, 2.45) is 5.92 Å². The number of carbonyl (C=O) groups excluding carboxylic acids is 1. The number of nitrogens with one attached hydrogen (secondary N) is 1. The first-order chi connectivity index (χ1) is 8.61. The van der Waals surface area contributed by atoms with Crippen LogP contribution in [0, 0.1) is 19.8 Å². The van der Waals surface area contributed by atoms with Crippen LogP contribution in [-0.2, 0) is 11.3 Å². The zero-order valence-electron chi connectivity index (χ0n) is 11.4. The highest BCUT2D eigenvalue weighted by Gasteiger charge is 2.29. The first kappa shape index (κ1) is 12.9. The second kappa shape index (κ2) is 5.42. The van der Waals surface area contributed by atoms with Crippen LogP contribution < -0.4 is 10.1 Å². The molecule has 0 heterocycles. The van der Waals surface area contributed by atoms with Crippen LogP contribution in [-0.4, -0.2) is 12.5 Å². The number of hydrogen-bond acceptors (Lipinski definition) is 2. The molecule has 0 saturated heterocycles. The Kier molecular flexibility index (Phi) is 3.90. The van der Waals surface area contributed by atoms with E-state index in [2.05, 4.69) is 24.4 Å². The van der Waals surface area contributed by atoms with Crippen LogP contribution in [0.2, 0.25) is 0 Å². The quantitative estimate of drug-likeness (QED) is 0.868. The van der Waals surface area contributed by atoms with Gasteiger partial charge in [0, 0.05) is 12.5 Å². The Hall–Kier alpha value is -1.51. The monoisotopic (exact) mass is 247 g/mol. The molecule has 0 aliphatic heterocycles. The first-order valence-corrected chi connectivity index (χ1v) is 6.62. The average molecular weight is 247 g/mol. The summed E-state index contributed by atoms with van der Waals surface area (Å²) in [7, 11) is 0. The van der Waals surface area contributed by atoms with Crippen LogP contribution in [0.15, 0.2) is 12.1 Å². The van der Waals surface area contributed by atoms with E-state index in [0.29, 0.717) is 13.2 Å². The minimum atomic E-state index is 0.195. The van der Waals surface area contributed by atoms with Gasteiger partial charge in [-0.05, 0) is 56.4 Å². The maximum atomic E-state index is 11.6. The summed E-state index contributed by atoms with van der Waals surface area (Å²) in [6.07, 6.45) is 2.10. The highest BCUT2D eigenvalue weighted by atomic mass is 16.5. The molecule has 3 heteroatoms. The summed E-state index contributed by atoms with van der Waals surface area (Å²) < 4.78 is 5.56. The SMILES string of the molecule is CCOc1cc(C)c(CNC(=O)C2CC2)cc1C. The highest BCUT2D eigenvalue weighted by Crippen LogP contribution is 2.29. The summed E-state index contributed by atoms with van der Waals surface area (Å²) in [6.45, 7) is 7.38. The minimum absolute atomic E-state index is 0.195. The van der Waals surface area contributed by atoms with Crippen LogP contribution in [0.1, 0.15) is 36.5 Å². The molecule has 1 N–H and O–H groups in total. The van der Waals surface area contributed by atoms with E-state index in [1.54, 1.807) is 0 Å². The Morgan fingerprint density at radius 2 is 2.06 bits per heavy atom. The molecule has 0 radical (unpaired) electrons. The number of aryl methyl sites for hydroxylation is 2. The lowest BCUT2D eigenvalue weighted by molar-refractivity contribution is -0.122. The Morgan fingerprint density at radius 3 is 2.67 bits per heavy atom. The lowest BCUT2D eigenvalue weighted by atomic mass is 10.0. The molecule has 18 heavy (non-hydrogen) atoms. The molecule has 0 unspecified atom stereocenters. The van der Waals surface area contributed by atoms with E-state index >= 15 is 0 Å². The van der Waals surface area contributed by atoms with Gasteiger partial charge in [-0.15, -0.1) is 0 Å². The Bertz CT molecular complexity index is 450. The molecule has 1 fully saturated rings. The van der Waals surface area contributed by atoms with E-state index in [1.807, 2.05) is 13.8 Å². The molecule has 1 aliphatic carbocycles. The van der Waals surface area contributed by atoms with Crippen molar-refractivity contribution in [3.8, 4) is 5.75 Å². The molecule has 2 rings (SSSR count). The van der Waals surface area contributed by atoms with Crippen molar-refractivity contribution in [2.45, 2.75) is 40.2 Å². The Labute approximate surface area is 109 Å². The van der Waals surface area contributed by atoms with Gasteiger partial charge in [0.15, 0.2) is 0 Å². The third-order valence-corrected chi connectivity index (χ3v) is 3.33. The van der Waals surface area contributed by atoms with E-state index in [-0.39, 0.29) is 11.8 Å².